The summed E-state index contributed by atoms with van der Waals surface area (Å²) in [6.45, 7) is 3.06. The second-order valence-corrected chi connectivity index (χ2v) is 4.78. The summed E-state index contributed by atoms with van der Waals surface area (Å²) in [5.41, 5.74) is 0. The zero-order chi connectivity index (χ0) is 12.5. The standard InChI is InChI=1S/C13H19NO2S/c1-2-14(9-10-15)13(16)8-11-17-12-6-4-3-5-7-12/h3-7,15H,2,8-11H2,1H3. The Morgan fingerprint density at radius 2 is 2.06 bits per heavy atom. The molecule has 0 unspecified atom stereocenters. The average molecular weight is 253 g/mol. The van der Waals surface area contributed by atoms with E-state index < -0.39 is 0 Å². The summed E-state index contributed by atoms with van der Waals surface area (Å²) < 4.78 is 0. The topological polar surface area (TPSA) is 40.5 Å². The van der Waals surface area contributed by atoms with Crippen molar-refractivity contribution in [3.05, 3.63) is 30.3 Å². The van der Waals surface area contributed by atoms with Gasteiger partial charge in [-0.15, -0.1) is 11.8 Å². The van der Waals surface area contributed by atoms with Gasteiger partial charge in [-0.2, -0.15) is 0 Å². The first kappa shape index (κ1) is 14.1. The van der Waals surface area contributed by atoms with E-state index >= 15 is 0 Å². The van der Waals surface area contributed by atoms with Gasteiger partial charge in [-0.05, 0) is 19.1 Å². The zero-order valence-electron chi connectivity index (χ0n) is 10.1. The number of aliphatic hydroxyl groups is 1. The first-order chi connectivity index (χ1) is 8.27. The molecule has 0 aromatic heterocycles. The highest BCUT2D eigenvalue weighted by Gasteiger charge is 2.10. The summed E-state index contributed by atoms with van der Waals surface area (Å²) in [7, 11) is 0. The van der Waals surface area contributed by atoms with Gasteiger partial charge in [-0.25, -0.2) is 0 Å². The van der Waals surface area contributed by atoms with Gasteiger partial charge in [0.2, 0.25) is 5.91 Å². The molecular weight excluding hydrogens is 234 g/mol. The second-order valence-electron chi connectivity index (χ2n) is 3.61. The van der Waals surface area contributed by atoms with Crippen molar-refractivity contribution < 1.29 is 9.90 Å². The van der Waals surface area contributed by atoms with E-state index in [-0.39, 0.29) is 12.5 Å². The van der Waals surface area contributed by atoms with Crippen molar-refractivity contribution in [2.45, 2.75) is 18.2 Å². The monoisotopic (exact) mass is 253 g/mol. The maximum absolute atomic E-state index is 11.8. The molecule has 0 radical (unpaired) electrons. The molecule has 4 heteroatoms. The number of rotatable bonds is 7. The minimum Gasteiger partial charge on any atom is -0.395 e. The summed E-state index contributed by atoms with van der Waals surface area (Å²) in [5, 5.41) is 8.82. The molecule has 0 saturated heterocycles. The van der Waals surface area contributed by atoms with E-state index in [0.29, 0.717) is 19.5 Å². The highest BCUT2D eigenvalue weighted by molar-refractivity contribution is 7.99. The van der Waals surface area contributed by atoms with E-state index in [1.54, 1.807) is 16.7 Å². The Balaban J connectivity index is 2.28. The molecule has 1 amide bonds. The maximum atomic E-state index is 11.8. The first-order valence-corrected chi connectivity index (χ1v) is 6.83. The van der Waals surface area contributed by atoms with Gasteiger partial charge in [0.1, 0.15) is 0 Å². The summed E-state index contributed by atoms with van der Waals surface area (Å²) in [5.74, 6) is 0.898. The van der Waals surface area contributed by atoms with Crippen LogP contribution in [0, 0.1) is 0 Å². The Hall–Kier alpha value is -1.00. The molecule has 17 heavy (non-hydrogen) atoms. The zero-order valence-corrected chi connectivity index (χ0v) is 10.9. The van der Waals surface area contributed by atoms with E-state index in [1.165, 1.54) is 4.90 Å². The smallest absolute Gasteiger partial charge is 0.223 e. The molecule has 1 aromatic carbocycles. The fourth-order valence-corrected chi connectivity index (χ4v) is 2.37. The van der Waals surface area contributed by atoms with Gasteiger partial charge in [0.25, 0.3) is 0 Å². The largest absolute Gasteiger partial charge is 0.395 e. The molecule has 0 bridgehead atoms. The van der Waals surface area contributed by atoms with Crippen molar-refractivity contribution in [2.24, 2.45) is 0 Å². The number of thioether (sulfide) groups is 1. The fraction of sp³-hybridized carbons (Fsp3) is 0.462. The number of likely N-dealkylation sites (N-methyl/N-ethyl adjacent to an activating group) is 1. The number of hydrogen-bond acceptors (Lipinski definition) is 3. The van der Waals surface area contributed by atoms with Crippen LogP contribution in [0.1, 0.15) is 13.3 Å². The molecule has 0 heterocycles. The van der Waals surface area contributed by atoms with Crippen LogP contribution >= 0.6 is 11.8 Å². The number of amides is 1. The van der Waals surface area contributed by atoms with Crippen molar-refractivity contribution in [3.63, 3.8) is 0 Å². The molecule has 1 aromatic rings. The van der Waals surface area contributed by atoms with Crippen molar-refractivity contribution in [1.29, 1.82) is 0 Å². The molecule has 0 aliphatic carbocycles. The van der Waals surface area contributed by atoms with Gasteiger partial charge in [0.05, 0.1) is 6.61 Å². The van der Waals surface area contributed by atoms with Crippen LogP contribution in [0.15, 0.2) is 35.2 Å². The predicted octanol–water partition coefficient (Wildman–Crippen LogP) is 2.01. The molecular formula is C13H19NO2S. The number of nitrogens with zero attached hydrogens (tertiary/aromatic N) is 1. The minimum absolute atomic E-state index is 0.0331. The van der Waals surface area contributed by atoms with Gasteiger partial charge in [0.15, 0.2) is 0 Å². The molecule has 94 valence electrons. The number of carbonyl (C=O) groups is 1. The van der Waals surface area contributed by atoms with Gasteiger partial charge >= 0.3 is 0 Å². The quantitative estimate of drug-likeness (QED) is 0.756. The minimum atomic E-state index is 0.0331. The lowest BCUT2D eigenvalue weighted by Crippen LogP contribution is -2.33. The van der Waals surface area contributed by atoms with E-state index in [9.17, 15) is 4.79 Å². The normalized spacial score (nSPS) is 10.2. The maximum Gasteiger partial charge on any atom is 0.223 e. The van der Waals surface area contributed by atoms with Crippen LogP contribution < -0.4 is 0 Å². The van der Waals surface area contributed by atoms with Crippen molar-refractivity contribution >= 4 is 17.7 Å². The SMILES string of the molecule is CCN(CCO)C(=O)CCSc1ccccc1. The molecule has 0 aliphatic heterocycles. The molecule has 1 N–H and O–H groups in total. The van der Waals surface area contributed by atoms with Crippen LogP contribution in [-0.2, 0) is 4.79 Å². The van der Waals surface area contributed by atoms with Crippen molar-refractivity contribution in [2.75, 3.05) is 25.4 Å². The van der Waals surface area contributed by atoms with Crippen LogP contribution in [0.25, 0.3) is 0 Å². The van der Waals surface area contributed by atoms with Gasteiger partial charge in [-0.1, -0.05) is 18.2 Å². The van der Waals surface area contributed by atoms with Gasteiger partial charge in [-0.3, -0.25) is 4.79 Å². The Bertz CT molecular complexity index is 329. The van der Waals surface area contributed by atoms with Crippen LogP contribution in [-0.4, -0.2) is 41.4 Å². The van der Waals surface area contributed by atoms with Crippen molar-refractivity contribution in [1.82, 2.24) is 4.90 Å². The molecule has 0 saturated carbocycles. The molecule has 0 aliphatic rings. The summed E-state index contributed by atoms with van der Waals surface area (Å²) >= 11 is 1.68. The lowest BCUT2D eigenvalue weighted by molar-refractivity contribution is -0.131. The summed E-state index contributed by atoms with van der Waals surface area (Å²) in [4.78, 5) is 14.6. The molecule has 0 spiro atoms. The predicted molar refractivity (Wildman–Crippen MR) is 71.1 cm³/mol. The second kappa shape index (κ2) is 8.14. The summed E-state index contributed by atoms with van der Waals surface area (Å²) in [6.07, 6.45) is 0.521. The van der Waals surface area contributed by atoms with E-state index in [0.717, 1.165) is 5.75 Å². The third-order valence-electron chi connectivity index (χ3n) is 2.43. The van der Waals surface area contributed by atoms with Crippen LogP contribution in [0.4, 0.5) is 0 Å². The first-order valence-electron chi connectivity index (χ1n) is 5.84. The van der Waals surface area contributed by atoms with Crippen molar-refractivity contribution in [3.8, 4) is 0 Å². The van der Waals surface area contributed by atoms with Crippen LogP contribution in [0.3, 0.4) is 0 Å². The van der Waals surface area contributed by atoms with E-state index in [2.05, 4.69) is 0 Å². The number of benzene rings is 1. The number of carbonyl (C=O) groups excluding carboxylic acids is 1. The Morgan fingerprint density at radius 3 is 2.65 bits per heavy atom. The van der Waals surface area contributed by atoms with Crippen LogP contribution in [0.5, 0.6) is 0 Å². The Labute approximate surface area is 107 Å². The third kappa shape index (κ3) is 5.24. The van der Waals surface area contributed by atoms with Gasteiger partial charge in [0, 0.05) is 30.2 Å². The average Bonchev–Trinajstić information content (AvgIpc) is 2.37. The lowest BCUT2D eigenvalue weighted by Gasteiger charge is -2.19. The molecule has 0 fully saturated rings. The highest BCUT2D eigenvalue weighted by atomic mass is 32.2. The lowest BCUT2D eigenvalue weighted by atomic mass is 10.4. The molecule has 3 nitrogen and oxygen atoms in total. The van der Waals surface area contributed by atoms with Gasteiger partial charge < -0.3 is 10.0 Å². The molecule has 1 rings (SSSR count). The molecule has 0 atom stereocenters. The highest BCUT2D eigenvalue weighted by Crippen LogP contribution is 2.18. The third-order valence-corrected chi connectivity index (χ3v) is 3.45. The van der Waals surface area contributed by atoms with E-state index in [4.69, 9.17) is 5.11 Å². The number of hydrogen-bond donors (Lipinski definition) is 1. The fourth-order valence-electron chi connectivity index (χ4n) is 1.51. The Morgan fingerprint density at radius 1 is 1.35 bits per heavy atom. The summed E-state index contributed by atoms with van der Waals surface area (Å²) in [6, 6.07) is 10.1. The Kier molecular flexibility index (Phi) is 6.74. The van der Waals surface area contributed by atoms with E-state index in [1.807, 2.05) is 37.3 Å². The van der Waals surface area contributed by atoms with Crippen LogP contribution in [0.2, 0.25) is 0 Å². The number of aliphatic hydroxyl groups excluding tert-OH is 1.